The van der Waals surface area contributed by atoms with Crippen molar-refractivity contribution in [1.82, 2.24) is 10.2 Å². The Hall–Kier alpha value is -2.63. The summed E-state index contributed by atoms with van der Waals surface area (Å²) in [5.41, 5.74) is 1.99. The fourth-order valence-corrected chi connectivity index (χ4v) is 1.41. The number of aryl methyl sites for hydroxylation is 1. The minimum Gasteiger partial charge on any atom is -0.452 e. The van der Waals surface area contributed by atoms with Crippen LogP contribution in [0, 0.1) is 6.92 Å². The van der Waals surface area contributed by atoms with Crippen LogP contribution >= 0.6 is 0 Å². The Labute approximate surface area is 129 Å². The van der Waals surface area contributed by atoms with Crippen LogP contribution in [0.25, 0.3) is 6.08 Å². The molecule has 0 heterocycles. The fourth-order valence-electron chi connectivity index (χ4n) is 1.41. The summed E-state index contributed by atoms with van der Waals surface area (Å²) < 4.78 is 4.78. The van der Waals surface area contributed by atoms with E-state index < -0.39 is 18.5 Å². The van der Waals surface area contributed by atoms with Crippen LogP contribution in [0.5, 0.6) is 0 Å². The largest absolute Gasteiger partial charge is 0.452 e. The Morgan fingerprint density at radius 2 is 1.82 bits per heavy atom. The number of hydrogen-bond acceptors (Lipinski definition) is 4. The number of nitrogens with zero attached hydrogens (tertiary/aromatic N) is 1. The number of amides is 2. The SMILES string of the molecule is Cc1ccc(/C=C/C(=O)OCC(=O)NCC(=O)N(C)C)cc1. The van der Waals surface area contributed by atoms with Crippen molar-refractivity contribution in [3.8, 4) is 0 Å². The Bertz CT molecular complexity index is 562. The van der Waals surface area contributed by atoms with Crippen LogP contribution in [0.2, 0.25) is 0 Å². The number of carbonyl (C=O) groups is 3. The number of hydrogen-bond donors (Lipinski definition) is 1. The highest BCUT2D eigenvalue weighted by Gasteiger charge is 2.08. The summed E-state index contributed by atoms with van der Waals surface area (Å²) >= 11 is 0. The molecule has 2 amide bonds. The van der Waals surface area contributed by atoms with E-state index in [0.717, 1.165) is 11.1 Å². The molecule has 0 fully saturated rings. The minimum absolute atomic E-state index is 0.122. The Morgan fingerprint density at radius 3 is 2.41 bits per heavy atom. The van der Waals surface area contributed by atoms with E-state index in [-0.39, 0.29) is 12.5 Å². The van der Waals surface area contributed by atoms with Gasteiger partial charge in [0.2, 0.25) is 5.91 Å². The van der Waals surface area contributed by atoms with Crippen molar-refractivity contribution in [3.05, 3.63) is 41.5 Å². The molecule has 0 aromatic heterocycles. The van der Waals surface area contributed by atoms with E-state index in [2.05, 4.69) is 5.32 Å². The first-order chi connectivity index (χ1) is 10.4. The second kappa shape index (κ2) is 8.61. The van der Waals surface area contributed by atoms with Gasteiger partial charge in [-0.05, 0) is 18.6 Å². The Balaban J connectivity index is 2.32. The van der Waals surface area contributed by atoms with Crippen LogP contribution < -0.4 is 5.32 Å². The Kier molecular flexibility index (Phi) is 6.82. The second-order valence-electron chi connectivity index (χ2n) is 4.92. The van der Waals surface area contributed by atoms with Gasteiger partial charge in [0.15, 0.2) is 6.61 Å². The van der Waals surface area contributed by atoms with Crippen LogP contribution in [0.1, 0.15) is 11.1 Å². The van der Waals surface area contributed by atoms with Crippen LogP contribution in [-0.2, 0) is 19.1 Å². The first-order valence-corrected chi connectivity index (χ1v) is 6.77. The van der Waals surface area contributed by atoms with Gasteiger partial charge in [0.25, 0.3) is 5.91 Å². The molecule has 1 rings (SSSR count). The van der Waals surface area contributed by atoms with Gasteiger partial charge in [-0.2, -0.15) is 0 Å². The highest BCUT2D eigenvalue weighted by atomic mass is 16.5. The van der Waals surface area contributed by atoms with Crippen molar-refractivity contribution in [2.75, 3.05) is 27.2 Å². The molecule has 0 unspecified atom stereocenters. The molecule has 0 atom stereocenters. The zero-order valence-corrected chi connectivity index (χ0v) is 13.0. The molecule has 118 valence electrons. The topological polar surface area (TPSA) is 75.7 Å². The molecule has 0 spiro atoms. The van der Waals surface area contributed by atoms with Gasteiger partial charge in [0, 0.05) is 20.2 Å². The lowest BCUT2D eigenvalue weighted by atomic mass is 10.1. The van der Waals surface area contributed by atoms with E-state index in [4.69, 9.17) is 4.74 Å². The maximum atomic E-state index is 11.5. The van der Waals surface area contributed by atoms with Gasteiger partial charge in [-0.3, -0.25) is 9.59 Å². The highest BCUT2D eigenvalue weighted by molar-refractivity contribution is 5.90. The number of nitrogens with one attached hydrogen (secondary N) is 1. The van der Waals surface area contributed by atoms with Crippen molar-refractivity contribution in [1.29, 1.82) is 0 Å². The molecule has 0 aliphatic heterocycles. The van der Waals surface area contributed by atoms with Crippen molar-refractivity contribution >= 4 is 23.9 Å². The first kappa shape index (κ1) is 17.4. The number of esters is 1. The molecule has 22 heavy (non-hydrogen) atoms. The molecule has 1 aromatic rings. The molecule has 6 heteroatoms. The maximum absolute atomic E-state index is 11.5. The number of ether oxygens (including phenoxy) is 1. The summed E-state index contributed by atoms with van der Waals surface area (Å²) in [6, 6.07) is 7.61. The molecular formula is C16H20N2O4. The summed E-state index contributed by atoms with van der Waals surface area (Å²) in [6.45, 7) is 1.43. The van der Waals surface area contributed by atoms with Crippen molar-refractivity contribution in [2.45, 2.75) is 6.92 Å². The normalized spacial score (nSPS) is 10.3. The summed E-state index contributed by atoms with van der Waals surface area (Å²) in [5, 5.41) is 2.37. The van der Waals surface area contributed by atoms with Crippen LogP contribution in [0.15, 0.2) is 30.3 Å². The lowest BCUT2D eigenvalue weighted by Crippen LogP contribution is -2.38. The van der Waals surface area contributed by atoms with Crippen LogP contribution in [-0.4, -0.2) is 49.9 Å². The van der Waals surface area contributed by atoms with E-state index in [1.165, 1.54) is 11.0 Å². The predicted molar refractivity (Wildman–Crippen MR) is 82.9 cm³/mol. The lowest BCUT2D eigenvalue weighted by molar-refractivity contribution is -0.144. The van der Waals surface area contributed by atoms with Crippen molar-refractivity contribution in [2.24, 2.45) is 0 Å². The third-order valence-electron chi connectivity index (χ3n) is 2.77. The number of likely N-dealkylation sites (N-methyl/N-ethyl adjacent to an activating group) is 1. The Morgan fingerprint density at radius 1 is 1.18 bits per heavy atom. The van der Waals surface area contributed by atoms with E-state index >= 15 is 0 Å². The van der Waals surface area contributed by atoms with Crippen molar-refractivity contribution in [3.63, 3.8) is 0 Å². The average Bonchev–Trinajstić information content (AvgIpc) is 2.49. The highest BCUT2D eigenvalue weighted by Crippen LogP contribution is 2.04. The lowest BCUT2D eigenvalue weighted by Gasteiger charge is -2.10. The van der Waals surface area contributed by atoms with Gasteiger partial charge in [-0.15, -0.1) is 0 Å². The van der Waals surface area contributed by atoms with Gasteiger partial charge in [-0.25, -0.2) is 4.79 Å². The summed E-state index contributed by atoms with van der Waals surface area (Å²) in [7, 11) is 3.18. The fraction of sp³-hybridized carbons (Fsp3) is 0.312. The standard InChI is InChI=1S/C16H20N2O4/c1-12-4-6-13(7-5-12)8-9-16(21)22-11-14(19)17-10-15(20)18(2)3/h4-9H,10-11H2,1-3H3,(H,17,19)/b9-8+. The molecule has 0 aliphatic rings. The summed E-state index contributed by atoms with van der Waals surface area (Å²) in [4.78, 5) is 35.5. The van der Waals surface area contributed by atoms with E-state index in [0.29, 0.717) is 0 Å². The van der Waals surface area contributed by atoms with Gasteiger partial charge >= 0.3 is 5.97 Å². The third kappa shape index (κ3) is 6.69. The van der Waals surface area contributed by atoms with Crippen molar-refractivity contribution < 1.29 is 19.1 Å². The van der Waals surface area contributed by atoms with Crippen LogP contribution in [0.3, 0.4) is 0 Å². The molecule has 0 radical (unpaired) electrons. The zero-order valence-electron chi connectivity index (χ0n) is 13.0. The minimum atomic E-state index is -0.616. The van der Waals surface area contributed by atoms with Gasteiger partial charge in [-0.1, -0.05) is 29.8 Å². The quantitative estimate of drug-likeness (QED) is 0.622. The van der Waals surface area contributed by atoms with E-state index in [1.807, 2.05) is 31.2 Å². The average molecular weight is 304 g/mol. The smallest absolute Gasteiger partial charge is 0.331 e. The monoisotopic (exact) mass is 304 g/mol. The number of benzene rings is 1. The third-order valence-corrected chi connectivity index (χ3v) is 2.77. The molecule has 0 bridgehead atoms. The zero-order chi connectivity index (χ0) is 16.5. The summed E-state index contributed by atoms with van der Waals surface area (Å²) in [5.74, 6) is -1.37. The van der Waals surface area contributed by atoms with Gasteiger partial charge < -0.3 is 15.0 Å². The second-order valence-corrected chi connectivity index (χ2v) is 4.92. The van der Waals surface area contributed by atoms with Gasteiger partial charge in [0.1, 0.15) is 0 Å². The maximum Gasteiger partial charge on any atom is 0.331 e. The van der Waals surface area contributed by atoms with E-state index in [9.17, 15) is 14.4 Å². The molecule has 0 saturated carbocycles. The molecule has 0 aliphatic carbocycles. The molecule has 1 N–H and O–H groups in total. The molecular weight excluding hydrogens is 284 g/mol. The number of carbonyl (C=O) groups excluding carboxylic acids is 3. The molecule has 6 nitrogen and oxygen atoms in total. The van der Waals surface area contributed by atoms with E-state index in [1.54, 1.807) is 20.2 Å². The van der Waals surface area contributed by atoms with Crippen LogP contribution in [0.4, 0.5) is 0 Å². The van der Waals surface area contributed by atoms with Gasteiger partial charge in [0.05, 0.1) is 6.54 Å². The molecule has 1 aromatic carbocycles. The predicted octanol–water partition coefficient (Wildman–Crippen LogP) is 0.756. The number of rotatable bonds is 6. The summed E-state index contributed by atoms with van der Waals surface area (Å²) in [6.07, 6.45) is 2.86. The molecule has 0 saturated heterocycles. The first-order valence-electron chi connectivity index (χ1n) is 6.77.